The highest BCUT2D eigenvalue weighted by atomic mass is 32.1. The van der Waals surface area contributed by atoms with Crippen molar-refractivity contribution in [3.05, 3.63) is 16.1 Å². The predicted molar refractivity (Wildman–Crippen MR) is 76.4 cm³/mol. The summed E-state index contributed by atoms with van der Waals surface area (Å²) in [7, 11) is 1.78. The van der Waals surface area contributed by atoms with Gasteiger partial charge in [0.15, 0.2) is 0 Å². The van der Waals surface area contributed by atoms with Crippen LogP contribution in [0.4, 0.5) is 0 Å². The van der Waals surface area contributed by atoms with Gasteiger partial charge in [-0.25, -0.2) is 4.98 Å². The molecule has 0 unspecified atom stereocenters. The Kier molecular flexibility index (Phi) is 4.75. The first-order chi connectivity index (χ1) is 9.49. The van der Waals surface area contributed by atoms with Gasteiger partial charge in [0.1, 0.15) is 0 Å². The molecule has 1 amide bonds. The smallest absolute Gasteiger partial charge is 0.306 e. The molecule has 0 radical (unpaired) electrons. The van der Waals surface area contributed by atoms with Crippen molar-refractivity contribution in [2.45, 2.75) is 39.2 Å². The number of carbonyl (C=O) groups excluding carboxylic acids is 1. The molecule has 2 rings (SSSR count). The lowest BCUT2D eigenvalue weighted by atomic mass is 9.81. The summed E-state index contributed by atoms with van der Waals surface area (Å²) in [6, 6.07) is 0. The monoisotopic (exact) mass is 296 g/mol. The van der Waals surface area contributed by atoms with Crippen LogP contribution in [0.1, 0.15) is 36.3 Å². The lowest BCUT2D eigenvalue weighted by Gasteiger charge is -2.29. The predicted octanol–water partition coefficient (Wildman–Crippen LogP) is 2.30. The van der Waals surface area contributed by atoms with Crippen molar-refractivity contribution in [2.24, 2.45) is 11.8 Å². The Morgan fingerprint density at radius 1 is 1.45 bits per heavy atom. The molecule has 2 atom stereocenters. The Labute approximate surface area is 122 Å². The molecule has 20 heavy (non-hydrogen) atoms. The van der Waals surface area contributed by atoms with Gasteiger partial charge >= 0.3 is 5.97 Å². The van der Waals surface area contributed by atoms with E-state index < -0.39 is 5.97 Å². The van der Waals surface area contributed by atoms with Gasteiger partial charge in [0, 0.05) is 17.8 Å². The Morgan fingerprint density at radius 3 is 2.75 bits per heavy atom. The van der Waals surface area contributed by atoms with Gasteiger partial charge in [0.2, 0.25) is 5.91 Å². The number of amides is 1. The average Bonchev–Trinajstić information content (AvgIpc) is 2.83. The highest BCUT2D eigenvalue weighted by Gasteiger charge is 2.32. The maximum Gasteiger partial charge on any atom is 0.306 e. The molecule has 1 saturated carbocycles. The topological polar surface area (TPSA) is 70.5 Å². The van der Waals surface area contributed by atoms with Crippen LogP contribution in [-0.4, -0.2) is 33.9 Å². The van der Waals surface area contributed by atoms with E-state index in [1.165, 1.54) is 0 Å². The maximum absolute atomic E-state index is 12.4. The number of rotatable bonds is 4. The molecule has 0 aromatic carbocycles. The summed E-state index contributed by atoms with van der Waals surface area (Å²) >= 11 is 1.55. The van der Waals surface area contributed by atoms with Gasteiger partial charge < -0.3 is 10.0 Å². The van der Waals surface area contributed by atoms with Crippen LogP contribution in [-0.2, 0) is 16.1 Å². The second kappa shape index (κ2) is 6.35. The van der Waals surface area contributed by atoms with E-state index in [2.05, 4.69) is 4.98 Å². The molecule has 0 bridgehead atoms. The summed E-state index contributed by atoms with van der Waals surface area (Å²) in [5.41, 5.74) is 2.74. The van der Waals surface area contributed by atoms with E-state index in [1.54, 1.807) is 28.8 Å². The molecule has 1 aromatic rings. The second-order valence-electron chi connectivity index (χ2n) is 5.45. The fourth-order valence-corrected chi connectivity index (χ4v) is 3.55. The number of hydrogen-bond acceptors (Lipinski definition) is 4. The van der Waals surface area contributed by atoms with E-state index in [9.17, 15) is 9.59 Å². The van der Waals surface area contributed by atoms with Gasteiger partial charge in [-0.1, -0.05) is 6.42 Å². The molecule has 1 aliphatic rings. The van der Waals surface area contributed by atoms with E-state index in [0.717, 1.165) is 23.4 Å². The van der Waals surface area contributed by atoms with Crippen molar-refractivity contribution in [1.29, 1.82) is 0 Å². The first kappa shape index (κ1) is 15.0. The van der Waals surface area contributed by atoms with Crippen molar-refractivity contribution >= 4 is 23.2 Å². The van der Waals surface area contributed by atoms with Gasteiger partial charge in [-0.05, 0) is 26.2 Å². The number of hydrogen-bond donors (Lipinski definition) is 1. The number of thiazole rings is 1. The van der Waals surface area contributed by atoms with Gasteiger partial charge in [-0.3, -0.25) is 9.59 Å². The molecule has 1 fully saturated rings. The van der Waals surface area contributed by atoms with Crippen LogP contribution < -0.4 is 0 Å². The van der Waals surface area contributed by atoms with E-state index in [1.807, 2.05) is 6.92 Å². The van der Waals surface area contributed by atoms with Crippen molar-refractivity contribution in [3.8, 4) is 0 Å². The van der Waals surface area contributed by atoms with Gasteiger partial charge in [-0.2, -0.15) is 0 Å². The Morgan fingerprint density at radius 2 is 2.15 bits per heavy atom. The number of aryl methyl sites for hydroxylation is 1. The van der Waals surface area contributed by atoms with E-state index >= 15 is 0 Å². The molecule has 0 saturated heterocycles. The molecule has 1 aliphatic carbocycles. The lowest BCUT2D eigenvalue weighted by molar-refractivity contribution is -0.145. The van der Waals surface area contributed by atoms with Crippen LogP contribution in [0.3, 0.4) is 0 Å². The molecule has 0 aliphatic heterocycles. The number of carboxylic acid groups (broad SMARTS) is 1. The van der Waals surface area contributed by atoms with Crippen molar-refractivity contribution < 1.29 is 14.7 Å². The summed E-state index contributed by atoms with van der Waals surface area (Å²) in [4.78, 5) is 30.5. The molecular weight excluding hydrogens is 276 g/mol. The number of aliphatic carboxylic acids is 1. The Bertz CT molecular complexity index is 500. The Balaban J connectivity index is 1.96. The molecule has 1 aromatic heterocycles. The zero-order valence-electron chi connectivity index (χ0n) is 11.8. The minimum absolute atomic E-state index is 0.0590. The largest absolute Gasteiger partial charge is 0.481 e. The minimum Gasteiger partial charge on any atom is -0.481 e. The molecule has 5 nitrogen and oxygen atoms in total. The molecule has 1 heterocycles. The van der Waals surface area contributed by atoms with Gasteiger partial charge in [-0.15, -0.1) is 11.3 Å². The summed E-state index contributed by atoms with van der Waals surface area (Å²) in [5.74, 6) is -1.23. The lowest BCUT2D eigenvalue weighted by Crippen LogP contribution is -2.36. The molecular formula is C14H20N2O3S. The van der Waals surface area contributed by atoms with Gasteiger partial charge in [0.05, 0.1) is 23.7 Å². The van der Waals surface area contributed by atoms with E-state index in [4.69, 9.17) is 5.11 Å². The number of aromatic nitrogens is 1. The average molecular weight is 296 g/mol. The van der Waals surface area contributed by atoms with Crippen LogP contribution >= 0.6 is 11.3 Å². The van der Waals surface area contributed by atoms with Crippen molar-refractivity contribution in [1.82, 2.24) is 9.88 Å². The fraction of sp³-hybridized carbons (Fsp3) is 0.643. The first-order valence-electron chi connectivity index (χ1n) is 6.85. The molecule has 1 N–H and O–H groups in total. The van der Waals surface area contributed by atoms with Crippen LogP contribution in [0.2, 0.25) is 0 Å². The quantitative estimate of drug-likeness (QED) is 0.925. The maximum atomic E-state index is 12.4. The number of carboxylic acids is 1. The third kappa shape index (κ3) is 3.36. The van der Waals surface area contributed by atoms with Gasteiger partial charge in [0.25, 0.3) is 0 Å². The van der Waals surface area contributed by atoms with Crippen LogP contribution in [0, 0.1) is 18.8 Å². The SMILES string of the molecule is Cc1ncsc1CN(C)C(=O)[C@H]1CCC[C@@H](C(=O)O)C1. The summed E-state index contributed by atoms with van der Waals surface area (Å²) in [6.07, 6.45) is 2.78. The second-order valence-corrected chi connectivity index (χ2v) is 6.39. The number of carbonyl (C=O) groups is 2. The first-order valence-corrected chi connectivity index (χ1v) is 7.73. The third-order valence-electron chi connectivity index (χ3n) is 3.97. The molecule has 110 valence electrons. The van der Waals surface area contributed by atoms with Crippen molar-refractivity contribution in [3.63, 3.8) is 0 Å². The summed E-state index contributed by atoms with van der Waals surface area (Å²) in [5, 5.41) is 9.09. The number of nitrogens with zero attached hydrogens (tertiary/aromatic N) is 2. The van der Waals surface area contributed by atoms with E-state index in [0.29, 0.717) is 19.4 Å². The summed E-state index contributed by atoms with van der Waals surface area (Å²) < 4.78 is 0. The van der Waals surface area contributed by atoms with Crippen LogP contribution in [0.15, 0.2) is 5.51 Å². The molecule has 0 spiro atoms. The fourth-order valence-electron chi connectivity index (χ4n) is 2.72. The highest BCUT2D eigenvalue weighted by Crippen LogP contribution is 2.30. The van der Waals surface area contributed by atoms with Crippen molar-refractivity contribution in [2.75, 3.05) is 7.05 Å². The third-order valence-corrected chi connectivity index (χ3v) is 4.89. The zero-order chi connectivity index (χ0) is 14.7. The minimum atomic E-state index is -0.775. The highest BCUT2D eigenvalue weighted by molar-refractivity contribution is 7.09. The normalized spacial score (nSPS) is 22.5. The van der Waals surface area contributed by atoms with Crippen LogP contribution in [0.5, 0.6) is 0 Å². The zero-order valence-corrected chi connectivity index (χ0v) is 12.7. The summed E-state index contributed by atoms with van der Waals surface area (Å²) in [6.45, 7) is 2.49. The van der Waals surface area contributed by atoms with Crippen LogP contribution in [0.25, 0.3) is 0 Å². The Hall–Kier alpha value is -1.43. The standard InChI is InChI=1S/C14H20N2O3S/c1-9-12(20-8-15-9)7-16(2)13(17)10-4-3-5-11(6-10)14(18)19/h8,10-11H,3-7H2,1-2H3,(H,18,19)/t10-,11+/m0/s1. The molecule has 6 heteroatoms. The van der Waals surface area contributed by atoms with E-state index in [-0.39, 0.29) is 17.7 Å².